The third-order valence-corrected chi connectivity index (χ3v) is 5.96. The van der Waals surface area contributed by atoms with Crippen LogP contribution in [-0.4, -0.2) is 19.9 Å². The molecule has 0 N–H and O–H groups in total. The topological polar surface area (TPSA) is 108 Å². The molecule has 8 heteroatoms. The first-order chi connectivity index (χ1) is 15.5. The minimum atomic E-state index is -0.0156. The Morgan fingerprint density at radius 3 is 1.56 bits per heavy atom. The van der Waals surface area contributed by atoms with Gasteiger partial charge in [-0.25, -0.2) is 9.97 Å². The lowest BCUT2D eigenvalue weighted by Crippen LogP contribution is -1.97. The Bertz CT molecular complexity index is 2050. The molecule has 8 nitrogen and oxygen atoms in total. The van der Waals surface area contributed by atoms with Crippen LogP contribution >= 0.6 is 0 Å². The summed E-state index contributed by atoms with van der Waals surface area (Å²) in [7, 11) is 0. The van der Waals surface area contributed by atoms with Crippen molar-refractivity contribution in [1.82, 2.24) is 19.9 Å². The number of nitrogens with zero attached hydrogens (tertiary/aromatic N) is 8. The largest absolute Gasteiger partial charge is 0.370 e. The van der Waals surface area contributed by atoms with Crippen molar-refractivity contribution in [3.8, 4) is 12.1 Å². The summed E-state index contributed by atoms with van der Waals surface area (Å²) < 4.78 is 0. The average molecular weight is 408 g/mol. The lowest BCUT2D eigenvalue weighted by Gasteiger charge is -2.02. The average Bonchev–Trinajstić information content (AvgIpc) is 3.30. The summed E-state index contributed by atoms with van der Waals surface area (Å²) in [5.41, 5.74) is 1.83. The van der Waals surface area contributed by atoms with E-state index in [0.717, 1.165) is 42.8 Å². The van der Waals surface area contributed by atoms with Crippen LogP contribution in [0, 0.1) is 91.9 Å². The highest BCUT2D eigenvalue weighted by Crippen LogP contribution is 2.33. The van der Waals surface area contributed by atoms with E-state index in [-0.39, 0.29) is 23.0 Å². The van der Waals surface area contributed by atoms with Crippen LogP contribution in [0.2, 0.25) is 0 Å². The first kappa shape index (κ1) is 17.7. The van der Waals surface area contributed by atoms with E-state index < -0.39 is 0 Å². The molecule has 2 heterocycles. The standard InChI is InChI=1S/C24H8N8/c1-9-6-12-18-16(22-20(12)31-23(27-3)24(28-4)32-22)10(2)5-11-17(18)15(9)21-19(11)29-13(7-25)14(8-26)30-21/h5-6H,1-2H3. The molecule has 2 aromatic heterocycles. The zero-order chi connectivity index (χ0) is 22.3. The summed E-state index contributed by atoms with van der Waals surface area (Å²) in [6.07, 6.45) is 0. The fraction of sp³-hybridized carbons (Fsp3) is 0.0833. The van der Waals surface area contributed by atoms with Gasteiger partial charge in [0.15, 0.2) is 11.4 Å². The van der Waals surface area contributed by atoms with Gasteiger partial charge in [-0.1, -0.05) is 13.1 Å². The Hall–Kier alpha value is -5.18. The Kier molecular flexibility index (Phi) is 3.15. The monoisotopic (exact) mass is 408 g/mol. The Balaban J connectivity index is 2.07. The van der Waals surface area contributed by atoms with Crippen molar-refractivity contribution >= 4 is 22.4 Å². The van der Waals surface area contributed by atoms with E-state index in [1.165, 1.54) is 0 Å². The van der Waals surface area contributed by atoms with E-state index in [1.807, 2.05) is 38.1 Å². The summed E-state index contributed by atoms with van der Waals surface area (Å²) in [6.45, 7) is 18.7. The van der Waals surface area contributed by atoms with Gasteiger partial charge in [-0.05, 0) is 37.1 Å². The second-order valence-electron chi connectivity index (χ2n) is 7.62. The zero-order valence-electron chi connectivity index (χ0n) is 16.7. The van der Waals surface area contributed by atoms with E-state index >= 15 is 0 Å². The van der Waals surface area contributed by atoms with Crippen molar-refractivity contribution in [2.45, 2.75) is 13.8 Å². The lowest BCUT2D eigenvalue weighted by atomic mass is 9.99. The maximum Gasteiger partial charge on any atom is 0.294 e. The molecule has 2 aliphatic carbocycles. The number of hydrogen-bond donors (Lipinski definition) is 0. The predicted molar refractivity (Wildman–Crippen MR) is 110 cm³/mol. The lowest BCUT2D eigenvalue weighted by molar-refractivity contribution is 1.05. The molecule has 0 aliphatic heterocycles. The molecular weight excluding hydrogens is 400 g/mol. The van der Waals surface area contributed by atoms with Gasteiger partial charge in [-0.3, -0.25) is 0 Å². The van der Waals surface area contributed by atoms with Crippen LogP contribution in [0.25, 0.3) is 20.5 Å². The molecule has 2 aromatic carbocycles. The molecule has 0 spiro atoms. The second-order valence-corrected chi connectivity index (χ2v) is 7.62. The molecule has 0 fully saturated rings. The van der Waals surface area contributed by atoms with Crippen LogP contribution in [0.4, 0.5) is 11.6 Å². The predicted octanol–water partition coefficient (Wildman–Crippen LogP) is 3.66. The summed E-state index contributed by atoms with van der Waals surface area (Å²) in [4.78, 5) is 24.8. The number of rotatable bonds is 0. The van der Waals surface area contributed by atoms with Crippen LogP contribution in [-0.2, 0) is 0 Å². The number of hydrogen-bond acceptors (Lipinski definition) is 6. The van der Waals surface area contributed by atoms with Gasteiger partial charge in [0.25, 0.3) is 11.6 Å². The minimum Gasteiger partial charge on any atom is -0.370 e. The van der Waals surface area contributed by atoms with Crippen LogP contribution in [0.1, 0.15) is 22.5 Å². The fourth-order valence-electron chi connectivity index (χ4n) is 4.77. The first-order valence-corrected chi connectivity index (χ1v) is 9.54. The smallest absolute Gasteiger partial charge is 0.294 e. The molecule has 0 saturated heterocycles. The molecule has 0 atom stereocenters. The molecule has 0 bridgehead atoms. The quantitative estimate of drug-likeness (QED) is 0.355. The van der Waals surface area contributed by atoms with E-state index in [1.54, 1.807) is 0 Å². The van der Waals surface area contributed by atoms with Gasteiger partial charge in [0.05, 0.1) is 10.7 Å². The van der Waals surface area contributed by atoms with Crippen molar-refractivity contribution in [2.24, 2.45) is 0 Å². The van der Waals surface area contributed by atoms with Crippen LogP contribution in [0.5, 0.6) is 0 Å². The highest BCUT2D eigenvalue weighted by Gasteiger charge is 2.23. The molecule has 0 unspecified atom stereocenters. The Labute approximate surface area is 179 Å². The summed E-state index contributed by atoms with van der Waals surface area (Å²) in [6, 6.07) is 7.90. The minimum absolute atomic E-state index is 0.00230. The van der Waals surface area contributed by atoms with Gasteiger partial charge < -0.3 is 9.69 Å². The molecule has 2 aliphatic rings. The Morgan fingerprint density at radius 2 is 1.09 bits per heavy atom. The number of aryl methyl sites for hydroxylation is 2. The number of benzene rings is 2. The van der Waals surface area contributed by atoms with Gasteiger partial charge >= 0.3 is 0 Å². The van der Waals surface area contributed by atoms with Crippen LogP contribution in [0.15, 0.2) is 12.1 Å². The normalized spacial score (nSPS) is 11.3. The van der Waals surface area contributed by atoms with Gasteiger partial charge in [-0.2, -0.15) is 10.5 Å². The molecule has 0 saturated carbocycles. The van der Waals surface area contributed by atoms with E-state index in [2.05, 4.69) is 29.6 Å². The third-order valence-electron chi connectivity index (χ3n) is 5.96. The van der Waals surface area contributed by atoms with Crippen molar-refractivity contribution in [3.05, 3.63) is 99.8 Å². The van der Waals surface area contributed by atoms with Crippen molar-refractivity contribution in [1.29, 1.82) is 10.5 Å². The molecule has 0 amide bonds. The maximum atomic E-state index is 9.45. The highest BCUT2D eigenvalue weighted by molar-refractivity contribution is 5.89. The number of fused-ring (bicyclic) bond motifs is 2. The van der Waals surface area contributed by atoms with Gasteiger partial charge in [0.1, 0.15) is 12.1 Å². The SMILES string of the molecule is [C-]#[N+]c1nc2c(nc1[N+]#[C-])=c1c(C)cc3c4c(c(C)cc=2c14)=c1nc(C#N)c(C#N)nc1=3. The van der Waals surface area contributed by atoms with Crippen molar-refractivity contribution < 1.29 is 0 Å². The molecule has 144 valence electrons. The molecular formula is C24H8N8. The Morgan fingerprint density at radius 1 is 0.688 bits per heavy atom. The molecule has 32 heavy (non-hydrogen) atoms. The van der Waals surface area contributed by atoms with E-state index in [4.69, 9.17) is 13.1 Å². The number of aromatic nitrogens is 4. The van der Waals surface area contributed by atoms with Crippen molar-refractivity contribution in [3.63, 3.8) is 0 Å². The third kappa shape index (κ3) is 1.87. The maximum absolute atomic E-state index is 9.45. The first-order valence-electron chi connectivity index (χ1n) is 9.54. The van der Waals surface area contributed by atoms with Crippen molar-refractivity contribution in [2.75, 3.05) is 0 Å². The molecule has 4 aromatic rings. The van der Waals surface area contributed by atoms with Crippen LogP contribution < -0.4 is 0 Å². The van der Waals surface area contributed by atoms with Gasteiger partial charge in [0, 0.05) is 31.6 Å². The highest BCUT2D eigenvalue weighted by atomic mass is 15.0. The van der Waals surface area contributed by atoms with Gasteiger partial charge in [-0.15, -0.1) is 9.97 Å². The molecule has 6 rings (SSSR count). The summed E-state index contributed by atoms with van der Waals surface area (Å²) in [5.74, 6) is -0.0305. The second kappa shape index (κ2) is 5.70. The number of nitriles is 2. The zero-order valence-corrected chi connectivity index (χ0v) is 16.7. The van der Waals surface area contributed by atoms with Gasteiger partial charge in [0.2, 0.25) is 10.7 Å². The fourth-order valence-corrected chi connectivity index (χ4v) is 4.77. The van der Waals surface area contributed by atoms with E-state index in [9.17, 15) is 10.5 Å². The van der Waals surface area contributed by atoms with Crippen LogP contribution in [0.3, 0.4) is 0 Å². The van der Waals surface area contributed by atoms with E-state index in [0.29, 0.717) is 21.4 Å². The summed E-state index contributed by atoms with van der Waals surface area (Å²) >= 11 is 0. The molecule has 0 radical (unpaired) electrons. The summed E-state index contributed by atoms with van der Waals surface area (Å²) in [5, 5.41) is 26.5.